The van der Waals surface area contributed by atoms with Gasteiger partial charge in [-0.1, -0.05) is 23.4 Å². The first-order chi connectivity index (χ1) is 10.5. The molecule has 0 saturated heterocycles. The van der Waals surface area contributed by atoms with Gasteiger partial charge in [-0.05, 0) is 31.5 Å². The van der Waals surface area contributed by atoms with Crippen LogP contribution in [0.4, 0.5) is 0 Å². The average molecular weight is 317 g/mol. The molecule has 1 N–H and O–H groups in total. The van der Waals surface area contributed by atoms with E-state index in [2.05, 4.69) is 14.9 Å². The highest BCUT2D eigenvalue weighted by atomic mass is 32.2. The number of para-hydroxylation sites is 1. The van der Waals surface area contributed by atoms with Gasteiger partial charge in [0.25, 0.3) is 0 Å². The molecule has 22 heavy (non-hydrogen) atoms. The normalized spacial score (nSPS) is 11.9. The van der Waals surface area contributed by atoms with Gasteiger partial charge in [-0.2, -0.15) is 0 Å². The Morgan fingerprint density at radius 2 is 1.95 bits per heavy atom. The summed E-state index contributed by atoms with van der Waals surface area (Å²) in [6.07, 6.45) is 1.67. The number of rotatable bonds is 4. The minimum atomic E-state index is -3.67. The number of hydrogen-bond donors (Lipinski definition) is 1. The zero-order valence-corrected chi connectivity index (χ0v) is 13.0. The lowest BCUT2D eigenvalue weighted by Crippen LogP contribution is -2.24. The highest BCUT2D eigenvalue weighted by Gasteiger charge is 2.23. The Balaban J connectivity index is 1.91. The summed E-state index contributed by atoms with van der Waals surface area (Å²) in [5, 5.41) is 4.61. The monoisotopic (exact) mass is 317 g/mol. The molecule has 2 heterocycles. The number of aryl methyl sites for hydroxylation is 2. The van der Waals surface area contributed by atoms with Crippen LogP contribution in [0.3, 0.4) is 0 Å². The lowest BCUT2D eigenvalue weighted by Gasteiger charge is -2.08. The third-order valence-electron chi connectivity index (χ3n) is 3.43. The number of nitrogens with zero attached hydrogens (tertiary/aromatic N) is 2. The standard InChI is InChI=1S/C15H15N3O3S/c1-10-15(11(2)21-18-10)22(19,20)17-9-12-7-8-16-14-6-4-3-5-13(12)14/h3-8,17H,9H2,1-2H3. The Morgan fingerprint density at radius 3 is 2.68 bits per heavy atom. The molecule has 0 spiro atoms. The Morgan fingerprint density at radius 1 is 1.18 bits per heavy atom. The first-order valence-electron chi connectivity index (χ1n) is 6.74. The van der Waals surface area contributed by atoms with Crippen molar-refractivity contribution in [2.75, 3.05) is 0 Å². The zero-order valence-electron chi connectivity index (χ0n) is 12.2. The lowest BCUT2D eigenvalue weighted by molar-refractivity contribution is 0.390. The maximum Gasteiger partial charge on any atom is 0.246 e. The fraction of sp³-hybridized carbons (Fsp3) is 0.200. The number of sulfonamides is 1. The largest absolute Gasteiger partial charge is 0.360 e. The van der Waals surface area contributed by atoms with Gasteiger partial charge in [-0.25, -0.2) is 13.1 Å². The first-order valence-corrected chi connectivity index (χ1v) is 8.22. The van der Waals surface area contributed by atoms with Gasteiger partial charge < -0.3 is 4.52 Å². The highest BCUT2D eigenvalue weighted by Crippen LogP contribution is 2.20. The van der Waals surface area contributed by atoms with Gasteiger partial charge >= 0.3 is 0 Å². The number of pyridine rings is 1. The molecular weight excluding hydrogens is 302 g/mol. The predicted octanol–water partition coefficient (Wildman–Crippen LogP) is 2.32. The highest BCUT2D eigenvalue weighted by molar-refractivity contribution is 7.89. The Kier molecular flexibility index (Phi) is 3.67. The van der Waals surface area contributed by atoms with Crippen molar-refractivity contribution >= 4 is 20.9 Å². The minimum Gasteiger partial charge on any atom is -0.360 e. The van der Waals surface area contributed by atoms with Gasteiger partial charge in [0, 0.05) is 18.1 Å². The lowest BCUT2D eigenvalue weighted by atomic mass is 10.1. The van der Waals surface area contributed by atoms with E-state index in [0.29, 0.717) is 5.69 Å². The third kappa shape index (κ3) is 2.60. The van der Waals surface area contributed by atoms with Crippen molar-refractivity contribution in [3.63, 3.8) is 0 Å². The van der Waals surface area contributed by atoms with Crippen molar-refractivity contribution in [2.24, 2.45) is 0 Å². The second kappa shape index (κ2) is 5.51. The van der Waals surface area contributed by atoms with Gasteiger partial charge in [-0.3, -0.25) is 4.98 Å². The fourth-order valence-electron chi connectivity index (χ4n) is 2.41. The molecule has 2 aromatic heterocycles. The Hall–Kier alpha value is -2.25. The third-order valence-corrected chi connectivity index (χ3v) is 5.07. The molecule has 7 heteroatoms. The Labute approximate surface area is 128 Å². The van der Waals surface area contributed by atoms with Crippen LogP contribution in [-0.2, 0) is 16.6 Å². The summed E-state index contributed by atoms with van der Waals surface area (Å²) in [6, 6.07) is 9.41. The summed E-state index contributed by atoms with van der Waals surface area (Å²) >= 11 is 0. The molecule has 0 bridgehead atoms. The van der Waals surface area contributed by atoms with E-state index in [1.165, 1.54) is 0 Å². The van der Waals surface area contributed by atoms with E-state index in [1.807, 2.05) is 24.3 Å². The number of fused-ring (bicyclic) bond motifs is 1. The van der Waals surface area contributed by atoms with E-state index in [0.717, 1.165) is 16.5 Å². The van der Waals surface area contributed by atoms with E-state index in [1.54, 1.807) is 26.1 Å². The van der Waals surface area contributed by atoms with E-state index in [4.69, 9.17) is 4.52 Å². The van der Waals surface area contributed by atoms with Gasteiger partial charge in [0.2, 0.25) is 10.0 Å². The maximum absolute atomic E-state index is 12.4. The van der Waals surface area contributed by atoms with Crippen LogP contribution in [0, 0.1) is 13.8 Å². The van der Waals surface area contributed by atoms with Crippen LogP contribution in [0.15, 0.2) is 45.9 Å². The van der Waals surface area contributed by atoms with Crippen LogP contribution in [-0.4, -0.2) is 18.6 Å². The molecule has 0 aliphatic heterocycles. The predicted molar refractivity (Wildman–Crippen MR) is 81.7 cm³/mol. The topological polar surface area (TPSA) is 85.1 Å². The summed E-state index contributed by atoms with van der Waals surface area (Å²) < 4.78 is 32.4. The molecule has 0 amide bonds. The molecule has 3 rings (SSSR count). The van der Waals surface area contributed by atoms with Crippen LogP contribution in [0.2, 0.25) is 0 Å². The van der Waals surface area contributed by atoms with Crippen LogP contribution < -0.4 is 4.72 Å². The molecule has 0 radical (unpaired) electrons. The maximum atomic E-state index is 12.4. The van der Waals surface area contributed by atoms with E-state index >= 15 is 0 Å². The van der Waals surface area contributed by atoms with Gasteiger partial charge in [0.15, 0.2) is 5.76 Å². The first kappa shape index (κ1) is 14.7. The summed E-state index contributed by atoms with van der Waals surface area (Å²) in [4.78, 5) is 4.36. The molecular formula is C15H15N3O3S. The van der Waals surface area contributed by atoms with Crippen molar-refractivity contribution < 1.29 is 12.9 Å². The SMILES string of the molecule is Cc1noc(C)c1S(=O)(=O)NCc1ccnc2ccccc12. The molecule has 0 fully saturated rings. The fourth-order valence-corrected chi connectivity index (χ4v) is 3.74. The molecule has 0 atom stereocenters. The van der Waals surface area contributed by atoms with E-state index in [-0.39, 0.29) is 17.2 Å². The van der Waals surface area contributed by atoms with Crippen molar-refractivity contribution in [2.45, 2.75) is 25.3 Å². The number of nitrogens with one attached hydrogen (secondary N) is 1. The Bertz CT molecular complexity index is 907. The minimum absolute atomic E-state index is 0.103. The van der Waals surface area contributed by atoms with Crippen LogP contribution in [0.5, 0.6) is 0 Å². The molecule has 0 saturated carbocycles. The second-order valence-electron chi connectivity index (χ2n) is 4.97. The number of aromatic nitrogens is 2. The molecule has 0 aliphatic rings. The smallest absolute Gasteiger partial charge is 0.246 e. The molecule has 6 nitrogen and oxygen atoms in total. The summed E-state index contributed by atoms with van der Waals surface area (Å²) in [5.41, 5.74) is 2.04. The molecule has 0 unspecified atom stereocenters. The second-order valence-corrected chi connectivity index (χ2v) is 6.67. The summed E-state index contributed by atoms with van der Waals surface area (Å²) in [6.45, 7) is 3.36. The zero-order chi connectivity index (χ0) is 15.7. The van der Waals surface area contributed by atoms with Crippen LogP contribution >= 0.6 is 0 Å². The molecule has 0 aliphatic carbocycles. The summed E-state index contributed by atoms with van der Waals surface area (Å²) in [7, 11) is -3.67. The average Bonchev–Trinajstić information content (AvgIpc) is 2.85. The van der Waals surface area contributed by atoms with Gasteiger partial charge in [0.1, 0.15) is 10.6 Å². The van der Waals surface area contributed by atoms with Crippen molar-refractivity contribution in [1.29, 1.82) is 0 Å². The van der Waals surface area contributed by atoms with E-state index < -0.39 is 10.0 Å². The van der Waals surface area contributed by atoms with Gasteiger partial charge in [0.05, 0.1) is 5.52 Å². The van der Waals surface area contributed by atoms with Gasteiger partial charge in [-0.15, -0.1) is 0 Å². The van der Waals surface area contributed by atoms with Crippen molar-refractivity contribution in [1.82, 2.24) is 14.9 Å². The molecule has 1 aromatic carbocycles. The van der Waals surface area contributed by atoms with E-state index in [9.17, 15) is 8.42 Å². The number of benzene rings is 1. The quantitative estimate of drug-likeness (QED) is 0.798. The number of hydrogen-bond acceptors (Lipinski definition) is 5. The van der Waals surface area contributed by atoms with Crippen LogP contribution in [0.1, 0.15) is 17.0 Å². The molecule has 114 valence electrons. The van der Waals surface area contributed by atoms with Crippen LogP contribution in [0.25, 0.3) is 10.9 Å². The summed E-state index contributed by atoms with van der Waals surface area (Å²) in [5.74, 6) is 0.282. The van der Waals surface area contributed by atoms with Crippen molar-refractivity contribution in [3.05, 3.63) is 53.5 Å². The van der Waals surface area contributed by atoms with Crippen molar-refractivity contribution in [3.8, 4) is 0 Å². The molecule has 3 aromatic rings.